The Morgan fingerprint density at radius 3 is 2.35 bits per heavy atom. The van der Waals surface area contributed by atoms with Crippen molar-refractivity contribution < 1.29 is 19.4 Å². The van der Waals surface area contributed by atoms with Gasteiger partial charge in [0.2, 0.25) is 5.91 Å². The molecule has 0 saturated heterocycles. The van der Waals surface area contributed by atoms with Crippen LogP contribution < -0.4 is 5.32 Å². The van der Waals surface area contributed by atoms with E-state index in [0.29, 0.717) is 13.0 Å². The van der Waals surface area contributed by atoms with Crippen LogP contribution in [0.25, 0.3) is 0 Å². The molecule has 1 atom stereocenters. The highest BCUT2D eigenvalue weighted by atomic mass is 16.5. The maximum Gasteiger partial charge on any atom is 0.308 e. The van der Waals surface area contributed by atoms with Gasteiger partial charge in [0, 0.05) is 20.1 Å². The minimum absolute atomic E-state index is 0.0691. The normalized spacial score (nSPS) is 13.2. The Hall–Kier alpha value is -1.10. The highest BCUT2D eigenvalue weighted by Crippen LogP contribution is 2.24. The Labute approximate surface area is 103 Å². The number of hydrogen-bond acceptors (Lipinski definition) is 3. The second-order valence-corrected chi connectivity index (χ2v) is 5.35. The molecule has 0 aliphatic carbocycles. The van der Waals surface area contributed by atoms with E-state index in [-0.39, 0.29) is 24.3 Å². The number of methoxy groups -OCH3 is 1. The van der Waals surface area contributed by atoms with Gasteiger partial charge < -0.3 is 15.2 Å². The van der Waals surface area contributed by atoms with Crippen LogP contribution in [0.15, 0.2) is 0 Å². The molecule has 5 nitrogen and oxygen atoms in total. The summed E-state index contributed by atoms with van der Waals surface area (Å²) < 4.78 is 4.77. The molecule has 0 fully saturated rings. The molecule has 0 spiro atoms. The van der Waals surface area contributed by atoms with Gasteiger partial charge in [-0.1, -0.05) is 20.8 Å². The van der Waals surface area contributed by atoms with Crippen LogP contribution in [0.5, 0.6) is 0 Å². The third-order valence-corrected chi connectivity index (χ3v) is 2.29. The van der Waals surface area contributed by atoms with Crippen molar-refractivity contribution in [1.29, 1.82) is 0 Å². The van der Waals surface area contributed by atoms with Gasteiger partial charge in [0.05, 0.1) is 12.5 Å². The number of hydrogen-bond donors (Lipinski definition) is 2. The molecule has 0 rings (SSSR count). The lowest BCUT2D eigenvalue weighted by Gasteiger charge is -2.23. The number of carbonyl (C=O) groups excluding carboxylic acids is 1. The first kappa shape index (κ1) is 15.9. The Balaban J connectivity index is 4.10. The van der Waals surface area contributed by atoms with Gasteiger partial charge in [0.25, 0.3) is 0 Å². The molecular weight excluding hydrogens is 222 g/mol. The molecule has 0 heterocycles. The van der Waals surface area contributed by atoms with Crippen LogP contribution in [0.3, 0.4) is 0 Å². The zero-order valence-electron chi connectivity index (χ0n) is 11.1. The lowest BCUT2D eigenvalue weighted by Crippen LogP contribution is -2.35. The molecular formula is C12H23NO4. The number of aliphatic carboxylic acids is 1. The summed E-state index contributed by atoms with van der Waals surface area (Å²) in [5.41, 5.74) is -0.0691. The van der Waals surface area contributed by atoms with Gasteiger partial charge >= 0.3 is 5.97 Å². The van der Waals surface area contributed by atoms with Crippen LogP contribution in [0, 0.1) is 11.3 Å². The summed E-state index contributed by atoms with van der Waals surface area (Å²) in [6, 6.07) is 0. The highest BCUT2D eigenvalue weighted by Gasteiger charge is 2.24. The fourth-order valence-corrected chi connectivity index (χ4v) is 1.51. The summed E-state index contributed by atoms with van der Waals surface area (Å²) in [6.45, 7) is 6.47. The van der Waals surface area contributed by atoms with Crippen molar-refractivity contribution in [2.75, 3.05) is 20.3 Å². The number of carboxylic acids is 1. The number of amides is 1. The van der Waals surface area contributed by atoms with Crippen molar-refractivity contribution in [3.05, 3.63) is 0 Å². The van der Waals surface area contributed by atoms with Crippen molar-refractivity contribution in [3.63, 3.8) is 0 Å². The van der Waals surface area contributed by atoms with Crippen LogP contribution in [0.1, 0.15) is 33.6 Å². The minimum Gasteiger partial charge on any atom is -0.481 e. The molecule has 0 aromatic carbocycles. The lowest BCUT2D eigenvalue weighted by atomic mass is 9.84. The van der Waals surface area contributed by atoms with E-state index in [1.54, 1.807) is 0 Å². The molecule has 0 saturated carbocycles. The van der Waals surface area contributed by atoms with Gasteiger partial charge in [-0.2, -0.15) is 0 Å². The zero-order valence-corrected chi connectivity index (χ0v) is 11.1. The molecule has 17 heavy (non-hydrogen) atoms. The third-order valence-electron chi connectivity index (χ3n) is 2.29. The van der Waals surface area contributed by atoms with Crippen molar-refractivity contribution in [2.24, 2.45) is 11.3 Å². The summed E-state index contributed by atoms with van der Waals surface area (Å²) in [4.78, 5) is 22.3. The van der Waals surface area contributed by atoms with E-state index in [0.717, 1.165) is 0 Å². The average Bonchev–Trinajstić information content (AvgIpc) is 2.19. The van der Waals surface area contributed by atoms with Crippen molar-refractivity contribution in [2.45, 2.75) is 33.6 Å². The van der Waals surface area contributed by atoms with Crippen LogP contribution in [-0.4, -0.2) is 37.2 Å². The molecule has 1 amide bonds. The molecule has 0 aliphatic rings. The monoisotopic (exact) mass is 245 g/mol. The second-order valence-electron chi connectivity index (χ2n) is 5.35. The zero-order chi connectivity index (χ0) is 13.5. The smallest absolute Gasteiger partial charge is 0.308 e. The molecule has 0 radical (unpaired) electrons. The van der Waals surface area contributed by atoms with Crippen LogP contribution in [-0.2, 0) is 14.3 Å². The molecule has 5 heteroatoms. The van der Waals surface area contributed by atoms with E-state index in [9.17, 15) is 9.59 Å². The lowest BCUT2D eigenvalue weighted by molar-refractivity contribution is -0.142. The molecule has 0 aromatic heterocycles. The Kier molecular flexibility index (Phi) is 6.80. The Morgan fingerprint density at radius 1 is 1.35 bits per heavy atom. The molecule has 0 aliphatic heterocycles. The molecule has 2 N–H and O–H groups in total. The van der Waals surface area contributed by atoms with Crippen molar-refractivity contribution >= 4 is 11.9 Å². The van der Waals surface area contributed by atoms with Gasteiger partial charge in [-0.05, 0) is 11.8 Å². The standard InChI is InChI=1S/C12H23NO4/c1-12(2,3)7-9(11(15)16)8-13-10(14)5-6-17-4/h9H,5-8H2,1-4H3,(H,13,14)(H,15,16). The molecule has 0 aromatic rings. The van der Waals surface area contributed by atoms with Gasteiger partial charge in [0.15, 0.2) is 0 Å². The number of nitrogens with one attached hydrogen (secondary N) is 1. The summed E-state index contributed by atoms with van der Waals surface area (Å²) in [6.07, 6.45) is 0.797. The third kappa shape index (κ3) is 8.68. The van der Waals surface area contributed by atoms with E-state index in [1.807, 2.05) is 20.8 Å². The first-order valence-electron chi connectivity index (χ1n) is 5.74. The molecule has 0 bridgehead atoms. The van der Waals surface area contributed by atoms with E-state index < -0.39 is 11.9 Å². The SMILES string of the molecule is COCCC(=O)NCC(CC(C)(C)C)C(=O)O. The highest BCUT2D eigenvalue weighted by molar-refractivity contribution is 5.77. The quantitative estimate of drug-likeness (QED) is 0.708. The number of carboxylic acid groups (broad SMARTS) is 1. The van der Waals surface area contributed by atoms with E-state index in [2.05, 4.69) is 5.32 Å². The second kappa shape index (κ2) is 7.27. The number of ether oxygens (including phenoxy) is 1. The topological polar surface area (TPSA) is 75.6 Å². The van der Waals surface area contributed by atoms with Crippen molar-refractivity contribution in [3.8, 4) is 0 Å². The van der Waals surface area contributed by atoms with Crippen LogP contribution in [0.4, 0.5) is 0 Å². The maximum absolute atomic E-state index is 11.3. The predicted octanol–water partition coefficient (Wildman–Crippen LogP) is 1.28. The Bertz CT molecular complexity index is 258. The molecule has 1 unspecified atom stereocenters. The van der Waals surface area contributed by atoms with Gasteiger partial charge in [0.1, 0.15) is 0 Å². The van der Waals surface area contributed by atoms with E-state index in [4.69, 9.17) is 9.84 Å². The van der Waals surface area contributed by atoms with Crippen LogP contribution in [0.2, 0.25) is 0 Å². The first-order valence-corrected chi connectivity index (χ1v) is 5.74. The summed E-state index contributed by atoms with van der Waals surface area (Å²) >= 11 is 0. The van der Waals surface area contributed by atoms with E-state index in [1.165, 1.54) is 7.11 Å². The fraction of sp³-hybridized carbons (Fsp3) is 0.833. The van der Waals surface area contributed by atoms with Gasteiger partial charge in [-0.15, -0.1) is 0 Å². The summed E-state index contributed by atoms with van der Waals surface area (Å²) in [7, 11) is 1.52. The first-order chi connectivity index (χ1) is 7.76. The largest absolute Gasteiger partial charge is 0.481 e. The van der Waals surface area contributed by atoms with Crippen LogP contribution >= 0.6 is 0 Å². The van der Waals surface area contributed by atoms with Gasteiger partial charge in [-0.3, -0.25) is 9.59 Å². The molecule has 100 valence electrons. The maximum atomic E-state index is 11.3. The van der Waals surface area contributed by atoms with Crippen molar-refractivity contribution in [1.82, 2.24) is 5.32 Å². The van der Waals surface area contributed by atoms with Gasteiger partial charge in [-0.25, -0.2) is 0 Å². The number of rotatable bonds is 7. The number of carbonyl (C=O) groups is 2. The summed E-state index contributed by atoms with van der Waals surface area (Å²) in [5.74, 6) is -1.58. The summed E-state index contributed by atoms with van der Waals surface area (Å²) in [5, 5.41) is 11.7. The predicted molar refractivity (Wildman–Crippen MR) is 64.7 cm³/mol. The van der Waals surface area contributed by atoms with E-state index >= 15 is 0 Å². The Morgan fingerprint density at radius 2 is 1.94 bits per heavy atom. The minimum atomic E-state index is -0.869. The average molecular weight is 245 g/mol. The fourth-order valence-electron chi connectivity index (χ4n) is 1.51.